The summed E-state index contributed by atoms with van der Waals surface area (Å²) in [6.07, 6.45) is 6.41. The van der Waals surface area contributed by atoms with Gasteiger partial charge in [0.2, 0.25) is 11.8 Å². The van der Waals surface area contributed by atoms with Gasteiger partial charge in [-0.15, -0.1) is 10.2 Å². The van der Waals surface area contributed by atoms with Gasteiger partial charge in [0.15, 0.2) is 0 Å². The Labute approximate surface area is 147 Å². The van der Waals surface area contributed by atoms with Gasteiger partial charge in [0.1, 0.15) is 11.9 Å². The van der Waals surface area contributed by atoms with Gasteiger partial charge in [-0.05, 0) is 31.7 Å². The van der Waals surface area contributed by atoms with E-state index < -0.39 is 0 Å². The molecule has 1 saturated heterocycles. The fourth-order valence-electron chi connectivity index (χ4n) is 3.71. The number of aryl methyl sites for hydroxylation is 1. The third kappa shape index (κ3) is 3.08. The SMILES string of the molecule is CCC1=C(c2nnc([C@@H]3CCCO[C@H]3c3ccnn3C)o2)CCCO1. The van der Waals surface area contributed by atoms with Gasteiger partial charge in [-0.25, -0.2) is 0 Å². The van der Waals surface area contributed by atoms with Crippen LogP contribution in [0.3, 0.4) is 0 Å². The summed E-state index contributed by atoms with van der Waals surface area (Å²) < 4.78 is 19.7. The van der Waals surface area contributed by atoms with E-state index >= 15 is 0 Å². The highest BCUT2D eigenvalue weighted by Gasteiger charge is 2.35. The first-order chi connectivity index (χ1) is 12.3. The highest BCUT2D eigenvalue weighted by Crippen LogP contribution is 2.41. The summed E-state index contributed by atoms with van der Waals surface area (Å²) in [5, 5.41) is 12.9. The van der Waals surface area contributed by atoms with Gasteiger partial charge in [0.05, 0.1) is 23.8 Å². The van der Waals surface area contributed by atoms with E-state index in [1.807, 2.05) is 17.8 Å². The molecule has 0 aliphatic carbocycles. The molecule has 4 heterocycles. The Morgan fingerprint density at radius 2 is 2.16 bits per heavy atom. The average molecular weight is 344 g/mol. The van der Waals surface area contributed by atoms with Crippen LogP contribution in [0.4, 0.5) is 0 Å². The van der Waals surface area contributed by atoms with Crippen LogP contribution in [-0.2, 0) is 16.5 Å². The largest absolute Gasteiger partial charge is 0.497 e. The van der Waals surface area contributed by atoms with E-state index in [0.717, 1.165) is 62.3 Å². The molecule has 2 aromatic rings. The van der Waals surface area contributed by atoms with Gasteiger partial charge in [0.25, 0.3) is 0 Å². The van der Waals surface area contributed by atoms with E-state index in [0.29, 0.717) is 11.8 Å². The number of hydrogen-bond acceptors (Lipinski definition) is 6. The fraction of sp³-hybridized carbons (Fsp3) is 0.611. The minimum atomic E-state index is -0.100. The highest BCUT2D eigenvalue weighted by molar-refractivity contribution is 5.61. The topological polar surface area (TPSA) is 75.2 Å². The lowest BCUT2D eigenvalue weighted by Gasteiger charge is -2.29. The normalized spacial score (nSPS) is 24.4. The smallest absolute Gasteiger partial charge is 0.247 e. The summed E-state index contributed by atoms with van der Waals surface area (Å²) in [6, 6.07) is 1.99. The average Bonchev–Trinajstić information content (AvgIpc) is 3.31. The Balaban J connectivity index is 1.64. The third-order valence-electron chi connectivity index (χ3n) is 4.99. The van der Waals surface area contributed by atoms with Gasteiger partial charge in [-0.2, -0.15) is 5.10 Å². The molecular formula is C18H24N4O3. The van der Waals surface area contributed by atoms with Crippen LogP contribution in [0.2, 0.25) is 0 Å². The molecular weight excluding hydrogens is 320 g/mol. The van der Waals surface area contributed by atoms with Gasteiger partial charge in [-0.3, -0.25) is 4.68 Å². The van der Waals surface area contributed by atoms with Crippen molar-refractivity contribution in [2.75, 3.05) is 13.2 Å². The molecule has 0 aromatic carbocycles. The number of ether oxygens (including phenoxy) is 2. The van der Waals surface area contributed by atoms with E-state index in [1.54, 1.807) is 6.20 Å². The van der Waals surface area contributed by atoms with E-state index in [9.17, 15) is 0 Å². The van der Waals surface area contributed by atoms with E-state index in [2.05, 4.69) is 22.2 Å². The molecule has 1 fully saturated rings. The maximum Gasteiger partial charge on any atom is 0.247 e. The Kier molecular flexibility index (Phi) is 4.57. The maximum absolute atomic E-state index is 6.09. The minimum Gasteiger partial charge on any atom is -0.497 e. The van der Waals surface area contributed by atoms with Crippen LogP contribution >= 0.6 is 0 Å². The molecule has 7 nitrogen and oxygen atoms in total. The van der Waals surface area contributed by atoms with E-state index in [1.165, 1.54) is 0 Å². The number of nitrogens with zero attached hydrogens (tertiary/aromatic N) is 4. The highest BCUT2D eigenvalue weighted by atomic mass is 16.5. The van der Waals surface area contributed by atoms with Crippen LogP contribution in [-0.4, -0.2) is 33.2 Å². The van der Waals surface area contributed by atoms with Crippen LogP contribution in [0, 0.1) is 0 Å². The predicted molar refractivity (Wildman–Crippen MR) is 90.6 cm³/mol. The van der Waals surface area contributed by atoms with E-state index in [4.69, 9.17) is 13.9 Å². The first-order valence-corrected chi connectivity index (χ1v) is 9.06. The maximum atomic E-state index is 6.09. The molecule has 2 aliphatic heterocycles. The van der Waals surface area contributed by atoms with Crippen molar-refractivity contribution in [3.8, 4) is 0 Å². The standard InChI is InChI=1S/C18H24N4O3/c1-3-15-12(6-4-10-23-15)17-20-21-18(25-17)13-7-5-11-24-16(13)14-8-9-19-22(14)2/h8-9,13,16H,3-7,10-11H2,1-2H3/t13-,16-/m1/s1. The van der Waals surface area contributed by atoms with Crippen molar-refractivity contribution >= 4 is 5.57 Å². The van der Waals surface area contributed by atoms with E-state index in [-0.39, 0.29) is 12.0 Å². The summed E-state index contributed by atoms with van der Waals surface area (Å²) in [5.41, 5.74) is 2.10. The zero-order valence-electron chi connectivity index (χ0n) is 14.8. The van der Waals surface area contributed by atoms with Gasteiger partial charge in [0, 0.05) is 26.3 Å². The Bertz CT molecular complexity index is 764. The second-order valence-corrected chi connectivity index (χ2v) is 6.57. The molecule has 4 rings (SSSR count). The first-order valence-electron chi connectivity index (χ1n) is 9.06. The molecule has 0 N–H and O–H groups in total. The number of hydrogen-bond donors (Lipinski definition) is 0. The summed E-state index contributed by atoms with van der Waals surface area (Å²) in [5.74, 6) is 2.28. The lowest BCUT2D eigenvalue weighted by molar-refractivity contribution is -0.0137. The number of rotatable bonds is 4. The number of allylic oxidation sites excluding steroid dienone is 2. The van der Waals surface area contributed by atoms with Crippen molar-refractivity contribution in [3.63, 3.8) is 0 Å². The van der Waals surface area contributed by atoms with Gasteiger partial charge < -0.3 is 13.9 Å². The van der Waals surface area contributed by atoms with Crippen LogP contribution in [0.15, 0.2) is 22.4 Å². The predicted octanol–water partition coefficient (Wildman–Crippen LogP) is 3.37. The first kappa shape index (κ1) is 16.3. The lowest BCUT2D eigenvalue weighted by atomic mass is 9.92. The molecule has 2 aliphatic rings. The van der Waals surface area contributed by atoms with Crippen molar-refractivity contribution < 1.29 is 13.9 Å². The Morgan fingerprint density at radius 3 is 2.96 bits per heavy atom. The molecule has 0 spiro atoms. The quantitative estimate of drug-likeness (QED) is 0.846. The second kappa shape index (κ2) is 7.00. The molecule has 0 amide bonds. The van der Waals surface area contributed by atoms with Crippen LogP contribution in [0.25, 0.3) is 5.57 Å². The molecule has 2 aromatic heterocycles. The lowest BCUT2D eigenvalue weighted by Crippen LogP contribution is -2.23. The molecule has 0 bridgehead atoms. The minimum absolute atomic E-state index is 0.0561. The second-order valence-electron chi connectivity index (χ2n) is 6.57. The molecule has 2 atom stereocenters. The van der Waals surface area contributed by atoms with Crippen molar-refractivity contribution in [1.29, 1.82) is 0 Å². The summed E-state index contributed by atoms with van der Waals surface area (Å²) in [6.45, 7) is 3.60. The van der Waals surface area contributed by atoms with Gasteiger partial charge in [-0.1, -0.05) is 6.92 Å². The monoisotopic (exact) mass is 344 g/mol. The zero-order valence-corrected chi connectivity index (χ0v) is 14.8. The van der Waals surface area contributed by atoms with Crippen molar-refractivity contribution in [1.82, 2.24) is 20.0 Å². The fourth-order valence-corrected chi connectivity index (χ4v) is 3.71. The number of aromatic nitrogens is 4. The molecule has 134 valence electrons. The van der Waals surface area contributed by atoms with Crippen molar-refractivity contribution in [2.45, 2.75) is 51.0 Å². The Hall–Kier alpha value is -2.15. The molecule has 0 radical (unpaired) electrons. The van der Waals surface area contributed by atoms with Crippen molar-refractivity contribution in [3.05, 3.63) is 35.5 Å². The van der Waals surface area contributed by atoms with Crippen molar-refractivity contribution in [2.24, 2.45) is 7.05 Å². The summed E-state index contributed by atoms with van der Waals surface area (Å²) >= 11 is 0. The Morgan fingerprint density at radius 1 is 1.24 bits per heavy atom. The molecule has 0 saturated carbocycles. The third-order valence-corrected chi connectivity index (χ3v) is 4.99. The molecule has 25 heavy (non-hydrogen) atoms. The molecule has 0 unspecified atom stereocenters. The van der Waals surface area contributed by atoms with Crippen LogP contribution < -0.4 is 0 Å². The van der Waals surface area contributed by atoms with Crippen LogP contribution in [0.1, 0.15) is 68.5 Å². The molecule has 7 heteroatoms. The van der Waals surface area contributed by atoms with Gasteiger partial charge >= 0.3 is 0 Å². The zero-order chi connectivity index (χ0) is 17.2. The summed E-state index contributed by atoms with van der Waals surface area (Å²) in [7, 11) is 1.93. The van der Waals surface area contributed by atoms with Crippen LogP contribution in [0.5, 0.6) is 0 Å². The summed E-state index contributed by atoms with van der Waals surface area (Å²) in [4.78, 5) is 0.